The Morgan fingerprint density at radius 1 is 1.38 bits per heavy atom. The first-order valence-electron chi connectivity index (χ1n) is 7.08. The summed E-state index contributed by atoms with van der Waals surface area (Å²) in [6.45, 7) is 3.70. The average Bonchev–Trinajstić information content (AvgIpc) is 2.99. The lowest BCUT2D eigenvalue weighted by molar-refractivity contribution is 0.300. The van der Waals surface area contributed by atoms with E-state index in [1.165, 1.54) is 0 Å². The van der Waals surface area contributed by atoms with Crippen LogP contribution in [0.25, 0.3) is 0 Å². The highest BCUT2D eigenvalue weighted by molar-refractivity contribution is 5.43. The summed E-state index contributed by atoms with van der Waals surface area (Å²) >= 11 is 0. The van der Waals surface area contributed by atoms with Gasteiger partial charge in [0.2, 0.25) is 0 Å². The van der Waals surface area contributed by atoms with Gasteiger partial charge in [-0.2, -0.15) is 0 Å². The number of nitrogens with zero attached hydrogens (tertiary/aromatic N) is 2. The van der Waals surface area contributed by atoms with Gasteiger partial charge in [0, 0.05) is 30.9 Å². The molecule has 1 N–H and O–H groups in total. The lowest BCUT2D eigenvalue weighted by atomic mass is 10.1. The maximum absolute atomic E-state index is 8.70. The van der Waals surface area contributed by atoms with Crippen LogP contribution in [0.1, 0.15) is 24.0 Å². The van der Waals surface area contributed by atoms with Crippen LogP contribution in [0.4, 0.5) is 0 Å². The number of aryl methyl sites for hydroxylation is 2. The fourth-order valence-electron chi connectivity index (χ4n) is 1.96. The summed E-state index contributed by atoms with van der Waals surface area (Å²) in [4.78, 5) is 4.01. The molecule has 1 aromatic carbocycles. The van der Waals surface area contributed by atoms with Gasteiger partial charge in [-0.05, 0) is 37.1 Å². The second-order valence-electron chi connectivity index (χ2n) is 4.76. The van der Waals surface area contributed by atoms with Crippen LogP contribution in [-0.2, 0) is 6.54 Å². The molecule has 1 heterocycles. The molecule has 0 spiro atoms. The number of hydrogen-bond acceptors (Lipinski definition) is 3. The van der Waals surface area contributed by atoms with Crippen LogP contribution in [0, 0.1) is 18.8 Å². The monoisotopic (exact) mass is 284 g/mol. The molecule has 0 fully saturated rings. The standard InChI is InChI=1S/C17H20N2O2/c1-15-13-16(5-2-3-11-20)6-7-17(15)21-12-4-9-19-10-8-18-14-19/h6-8,10,13-14,20H,3-4,9,11-12H2,1H3. The minimum atomic E-state index is 0.101. The van der Waals surface area contributed by atoms with Crippen molar-refractivity contribution in [3.05, 3.63) is 48.0 Å². The van der Waals surface area contributed by atoms with Crippen LogP contribution >= 0.6 is 0 Å². The summed E-state index contributed by atoms with van der Waals surface area (Å²) in [5.74, 6) is 6.84. The van der Waals surface area contributed by atoms with Gasteiger partial charge in [-0.1, -0.05) is 11.8 Å². The van der Waals surface area contributed by atoms with E-state index < -0.39 is 0 Å². The van der Waals surface area contributed by atoms with E-state index >= 15 is 0 Å². The van der Waals surface area contributed by atoms with Gasteiger partial charge in [0.1, 0.15) is 5.75 Å². The summed E-state index contributed by atoms with van der Waals surface area (Å²) in [5.41, 5.74) is 2.03. The molecule has 0 aliphatic carbocycles. The predicted molar refractivity (Wildman–Crippen MR) is 82.1 cm³/mol. The second kappa shape index (κ2) is 8.13. The highest BCUT2D eigenvalue weighted by Crippen LogP contribution is 2.19. The van der Waals surface area contributed by atoms with Crippen LogP contribution < -0.4 is 4.74 Å². The molecule has 0 bridgehead atoms. The van der Waals surface area contributed by atoms with E-state index in [4.69, 9.17) is 9.84 Å². The second-order valence-corrected chi connectivity index (χ2v) is 4.76. The number of ether oxygens (including phenoxy) is 1. The van der Waals surface area contributed by atoms with Crippen molar-refractivity contribution >= 4 is 0 Å². The molecule has 0 unspecified atom stereocenters. The number of aliphatic hydroxyl groups excluding tert-OH is 1. The van der Waals surface area contributed by atoms with Crippen LogP contribution in [0.15, 0.2) is 36.9 Å². The Morgan fingerprint density at radius 3 is 3.00 bits per heavy atom. The maximum atomic E-state index is 8.70. The van der Waals surface area contributed by atoms with E-state index in [0.29, 0.717) is 13.0 Å². The van der Waals surface area contributed by atoms with E-state index in [1.54, 1.807) is 6.20 Å². The van der Waals surface area contributed by atoms with Crippen molar-refractivity contribution in [2.24, 2.45) is 0 Å². The number of benzene rings is 1. The van der Waals surface area contributed by atoms with Crippen LogP contribution in [-0.4, -0.2) is 27.9 Å². The Morgan fingerprint density at radius 2 is 2.29 bits per heavy atom. The molecule has 0 aliphatic heterocycles. The summed E-state index contributed by atoms with van der Waals surface area (Å²) in [6, 6.07) is 5.91. The van der Waals surface area contributed by atoms with Crippen molar-refractivity contribution < 1.29 is 9.84 Å². The molecular weight excluding hydrogens is 264 g/mol. The zero-order valence-electron chi connectivity index (χ0n) is 12.2. The van der Waals surface area contributed by atoms with Crippen LogP contribution in [0.2, 0.25) is 0 Å². The first-order chi connectivity index (χ1) is 10.3. The Hall–Kier alpha value is -2.25. The van der Waals surface area contributed by atoms with Crippen molar-refractivity contribution in [2.45, 2.75) is 26.3 Å². The van der Waals surface area contributed by atoms with E-state index in [9.17, 15) is 0 Å². The first-order valence-corrected chi connectivity index (χ1v) is 7.08. The molecule has 110 valence electrons. The summed E-state index contributed by atoms with van der Waals surface area (Å²) in [7, 11) is 0. The smallest absolute Gasteiger partial charge is 0.122 e. The van der Waals surface area contributed by atoms with E-state index in [0.717, 1.165) is 29.8 Å². The van der Waals surface area contributed by atoms with Crippen LogP contribution in [0.5, 0.6) is 5.75 Å². The zero-order valence-corrected chi connectivity index (χ0v) is 12.2. The molecule has 0 atom stereocenters. The van der Waals surface area contributed by atoms with Gasteiger partial charge in [0.15, 0.2) is 0 Å². The third kappa shape index (κ3) is 4.97. The lowest BCUT2D eigenvalue weighted by Gasteiger charge is -2.09. The van der Waals surface area contributed by atoms with Crippen molar-refractivity contribution in [3.8, 4) is 17.6 Å². The zero-order chi connectivity index (χ0) is 14.9. The minimum Gasteiger partial charge on any atom is -0.493 e. The fraction of sp³-hybridized carbons (Fsp3) is 0.353. The third-order valence-electron chi connectivity index (χ3n) is 3.02. The topological polar surface area (TPSA) is 47.3 Å². The fourth-order valence-corrected chi connectivity index (χ4v) is 1.96. The molecule has 0 aliphatic rings. The van der Waals surface area contributed by atoms with Crippen molar-refractivity contribution in [1.82, 2.24) is 9.55 Å². The molecular formula is C17H20N2O2. The maximum Gasteiger partial charge on any atom is 0.122 e. The van der Waals surface area contributed by atoms with Gasteiger partial charge in [-0.15, -0.1) is 0 Å². The average molecular weight is 284 g/mol. The summed E-state index contributed by atoms with van der Waals surface area (Å²) in [5, 5.41) is 8.70. The minimum absolute atomic E-state index is 0.101. The predicted octanol–water partition coefficient (Wildman–Crippen LogP) is 2.39. The van der Waals surface area contributed by atoms with Crippen molar-refractivity contribution in [2.75, 3.05) is 13.2 Å². The molecule has 0 saturated heterocycles. The Bertz CT molecular complexity index is 609. The summed E-state index contributed by atoms with van der Waals surface area (Å²) in [6.07, 6.45) is 6.98. The molecule has 2 rings (SSSR count). The molecule has 0 amide bonds. The molecule has 21 heavy (non-hydrogen) atoms. The van der Waals surface area contributed by atoms with Gasteiger partial charge in [0.05, 0.1) is 19.5 Å². The van der Waals surface area contributed by atoms with Gasteiger partial charge in [-0.3, -0.25) is 0 Å². The van der Waals surface area contributed by atoms with Crippen molar-refractivity contribution in [3.63, 3.8) is 0 Å². The number of rotatable bonds is 6. The highest BCUT2D eigenvalue weighted by atomic mass is 16.5. The Labute approximate surface area is 125 Å². The van der Waals surface area contributed by atoms with Gasteiger partial charge in [0.25, 0.3) is 0 Å². The lowest BCUT2D eigenvalue weighted by Crippen LogP contribution is -2.03. The van der Waals surface area contributed by atoms with Crippen molar-refractivity contribution in [1.29, 1.82) is 0 Å². The van der Waals surface area contributed by atoms with Gasteiger partial charge < -0.3 is 14.4 Å². The van der Waals surface area contributed by atoms with Gasteiger partial charge >= 0.3 is 0 Å². The van der Waals surface area contributed by atoms with E-state index in [-0.39, 0.29) is 6.61 Å². The third-order valence-corrected chi connectivity index (χ3v) is 3.02. The number of imidazole rings is 1. The number of aliphatic hydroxyl groups is 1. The SMILES string of the molecule is Cc1cc(C#CCCO)ccc1OCCCn1ccnc1. The highest BCUT2D eigenvalue weighted by Gasteiger charge is 2.00. The molecule has 4 nitrogen and oxygen atoms in total. The normalized spacial score (nSPS) is 10.0. The van der Waals surface area contributed by atoms with Crippen LogP contribution in [0.3, 0.4) is 0 Å². The molecule has 2 aromatic rings. The van der Waals surface area contributed by atoms with Gasteiger partial charge in [-0.25, -0.2) is 4.98 Å². The quantitative estimate of drug-likeness (QED) is 0.654. The largest absolute Gasteiger partial charge is 0.493 e. The van der Waals surface area contributed by atoms with E-state index in [1.807, 2.05) is 42.2 Å². The Kier molecular flexibility index (Phi) is 5.86. The molecule has 1 aromatic heterocycles. The first kappa shape index (κ1) is 15.1. The summed E-state index contributed by atoms with van der Waals surface area (Å²) < 4.78 is 7.83. The molecule has 0 saturated carbocycles. The number of aromatic nitrogens is 2. The Balaban J connectivity index is 1.82. The molecule has 0 radical (unpaired) electrons. The van der Waals surface area contributed by atoms with E-state index in [2.05, 4.69) is 16.8 Å². The molecule has 4 heteroatoms. The number of hydrogen-bond donors (Lipinski definition) is 1.